The number of halogens is 4. The molecule has 6 heteroatoms. The summed E-state index contributed by atoms with van der Waals surface area (Å²) in [5.74, 6) is 0.371. The molecule has 1 unspecified atom stereocenters. The minimum Gasteiger partial charge on any atom is -0.364 e. The summed E-state index contributed by atoms with van der Waals surface area (Å²) in [6, 6.07) is 2.29. The van der Waals surface area contributed by atoms with E-state index < -0.39 is 17.3 Å². The molecule has 1 rings (SSSR count). The van der Waals surface area contributed by atoms with Gasteiger partial charge in [0.25, 0.3) is 0 Å². The number of anilines is 1. The molecule has 1 N–H and O–H groups in total. The molecule has 0 bridgehead atoms. The van der Waals surface area contributed by atoms with Crippen molar-refractivity contribution >= 4 is 17.4 Å². The highest BCUT2D eigenvalue weighted by Crippen LogP contribution is 2.29. The summed E-state index contributed by atoms with van der Waals surface area (Å²) >= 11 is 5.95. The van der Waals surface area contributed by atoms with Gasteiger partial charge in [0, 0.05) is 11.7 Å². The standard InChI is InChI=1S/C11H14ClF3N2/c1-7(12)10(2,3)17-9-5-4-8(6-16-9)11(13,14)15/h4-7H,1-3H3,(H,16,17). The maximum atomic E-state index is 12.3. The smallest absolute Gasteiger partial charge is 0.364 e. The molecular formula is C11H14ClF3N2. The monoisotopic (exact) mass is 266 g/mol. The molecular weight excluding hydrogens is 253 g/mol. The van der Waals surface area contributed by atoms with Crippen molar-refractivity contribution in [1.29, 1.82) is 0 Å². The highest BCUT2D eigenvalue weighted by atomic mass is 35.5. The van der Waals surface area contributed by atoms with Crippen molar-refractivity contribution in [2.24, 2.45) is 0 Å². The van der Waals surface area contributed by atoms with Crippen LogP contribution in [0, 0.1) is 0 Å². The molecule has 0 fully saturated rings. The van der Waals surface area contributed by atoms with E-state index in [0.717, 1.165) is 12.3 Å². The Morgan fingerprint density at radius 2 is 1.88 bits per heavy atom. The largest absolute Gasteiger partial charge is 0.417 e. The first kappa shape index (κ1) is 14.1. The third-order valence-electron chi connectivity index (χ3n) is 2.54. The fourth-order valence-electron chi connectivity index (χ4n) is 1.07. The fourth-order valence-corrected chi connectivity index (χ4v) is 1.12. The molecule has 0 amide bonds. The van der Waals surface area contributed by atoms with Gasteiger partial charge in [0.05, 0.1) is 10.9 Å². The van der Waals surface area contributed by atoms with Crippen molar-refractivity contribution < 1.29 is 13.2 Å². The zero-order valence-corrected chi connectivity index (χ0v) is 10.5. The molecule has 0 aliphatic heterocycles. The lowest BCUT2D eigenvalue weighted by Gasteiger charge is -2.29. The molecule has 0 aliphatic rings. The summed E-state index contributed by atoms with van der Waals surface area (Å²) in [5, 5.41) is 2.80. The zero-order valence-electron chi connectivity index (χ0n) is 9.77. The molecule has 1 heterocycles. The van der Waals surface area contributed by atoms with Crippen LogP contribution in [-0.4, -0.2) is 15.9 Å². The Morgan fingerprint density at radius 3 is 2.24 bits per heavy atom. The molecule has 0 aromatic carbocycles. The fraction of sp³-hybridized carbons (Fsp3) is 0.545. The van der Waals surface area contributed by atoms with Crippen LogP contribution in [0.3, 0.4) is 0 Å². The quantitative estimate of drug-likeness (QED) is 0.839. The predicted octanol–water partition coefficient (Wildman–Crippen LogP) is 3.92. The number of pyridine rings is 1. The Labute approximate surface area is 103 Å². The molecule has 0 radical (unpaired) electrons. The van der Waals surface area contributed by atoms with Gasteiger partial charge in [-0.1, -0.05) is 0 Å². The van der Waals surface area contributed by atoms with Gasteiger partial charge in [0.2, 0.25) is 0 Å². The molecule has 1 aromatic rings. The van der Waals surface area contributed by atoms with Crippen LogP contribution in [-0.2, 0) is 6.18 Å². The molecule has 0 saturated carbocycles. The normalized spacial score (nSPS) is 14.5. The van der Waals surface area contributed by atoms with E-state index in [1.807, 2.05) is 13.8 Å². The summed E-state index contributed by atoms with van der Waals surface area (Å²) in [6.07, 6.45) is -3.56. The van der Waals surface area contributed by atoms with Crippen LogP contribution in [0.25, 0.3) is 0 Å². The maximum absolute atomic E-state index is 12.3. The summed E-state index contributed by atoms with van der Waals surface area (Å²) in [5.41, 5.74) is -1.21. The minimum atomic E-state index is -4.36. The molecule has 2 nitrogen and oxygen atoms in total. The number of nitrogens with one attached hydrogen (secondary N) is 1. The zero-order chi connectivity index (χ0) is 13.3. The average Bonchev–Trinajstić information content (AvgIpc) is 2.16. The molecule has 0 aliphatic carbocycles. The molecule has 0 spiro atoms. The van der Waals surface area contributed by atoms with E-state index >= 15 is 0 Å². The number of nitrogens with zero attached hydrogens (tertiary/aromatic N) is 1. The molecule has 96 valence electrons. The summed E-state index contributed by atoms with van der Waals surface area (Å²) in [4.78, 5) is 3.72. The summed E-state index contributed by atoms with van der Waals surface area (Å²) in [6.45, 7) is 5.51. The molecule has 1 atom stereocenters. The van der Waals surface area contributed by atoms with E-state index in [9.17, 15) is 13.2 Å². The number of aromatic nitrogens is 1. The summed E-state index contributed by atoms with van der Waals surface area (Å²) in [7, 11) is 0. The maximum Gasteiger partial charge on any atom is 0.417 e. The van der Waals surface area contributed by atoms with E-state index in [2.05, 4.69) is 10.3 Å². The van der Waals surface area contributed by atoms with E-state index in [1.54, 1.807) is 6.92 Å². The highest BCUT2D eigenvalue weighted by Gasteiger charge is 2.31. The van der Waals surface area contributed by atoms with Crippen LogP contribution in [0.5, 0.6) is 0 Å². The Bertz CT molecular complexity index is 371. The Kier molecular flexibility index (Phi) is 3.91. The number of hydrogen-bond acceptors (Lipinski definition) is 2. The van der Waals surface area contributed by atoms with Gasteiger partial charge in [-0.2, -0.15) is 13.2 Å². The Balaban J connectivity index is 2.83. The van der Waals surface area contributed by atoms with Crippen LogP contribution in [0.1, 0.15) is 26.3 Å². The highest BCUT2D eigenvalue weighted by molar-refractivity contribution is 6.21. The van der Waals surface area contributed by atoms with E-state index in [-0.39, 0.29) is 5.38 Å². The third kappa shape index (κ3) is 3.77. The van der Waals surface area contributed by atoms with E-state index in [4.69, 9.17) is 11.6 Å². The van der Waals surface area contributed by atoms with Gasteiger partial charge in [-0.25, -0.2) is 4.98 Å². The summed E-state index contributed by atoms with van der Waals surface area (Å²) < 4.78 is 36.9. The van der Waals surface area contributed by atoms with Crippen molar-refractivity contribution in [2.75, 3.05) is 5.32 Å². The Hall–Kier alpha value is -0.970. The second-order valence-corrected chi connectivity index (χ2v) is 5.05. The topological polar surface area (TPSA) is 24.9 Å². The number of rotatable bonds is 3. The van der Waals surface area contributed by atoms with Crippen LogP contribution >= 0.6 is 11.6 Å². The SMILES string of the molecule is CC(Cl)C(C)(C)Nc1ccc(C(F)(F)F)cn1. The first-order chi connectivity index (χ1) is 7.63. The third-order valence-corrected chi connectivity index (χ3v) is 3.08. The lowest BCUT2D eigenvalue weighted by molar-refractivity contribution is -0.137. The molecule has 1 aromatic heterocycles. The van der Waals surface area contributed by atoms with E-state index in [1.165, 1.54) is 6.07 Å². The van der Waals surface area contributed by atoms with Crippen molar-refractivity contribution in [3.8, 4) is 0 Å². The van der Waals surface area contributed by atoms with Crippen LogP contribution in [0.2, 0.25) is 0 Å². The van der Waals surface area contributed by atoms with Gasteiger partial charge < -0.3 is 5.32 Å². The first-order valence-electron chi connectivity index (χ1n) is 5.08. The lowest BCUT2D eigenvalue weighted by atomic mass is 10.0. The van der Waals surface area contributed by atoms with Gasteiger partial charge in [0.15, 0.2) is 0 Å². The molecule has 17 heavy (non-hydrogen) atoms. The van der Waals surface area contributed by atoms with Crippen molar-refractivity contribution in [2.45, 2.75) is 37.9 Å². The minimum absolute atomic E-state index is 0.188. The predicted molar refractivity (Wildman–Crippen MR) is 62.3 cm³/mol. The number of alkyl halides is 4. The number of hydrogen-bond donors (Lipinski definition) is 1. The average molecular weight is 267 g/mol. The second-order valence-electron chi connectivity index (χ2n) is 4.39. The second kappa shape index (κ2) is 4.72. The van der Waals surface area contributed by atoms with Crippen molar-refractivity contribution in [3.63, 3.8) is 0 Å². The van der Waals surface area contributed by atoms with Crippen LogP contribution < -0.4 is 5.32 Å². The Morgan fingerprint density at radius 1 is 1.29 bits per heavy atom. The van der Waals surface area contributed by atoms with Crippen molar-refractivity contribution in [3.05, 3.63) is 23.9 Å². The van der Waals surface area contributed by atoms with Crippen molar-refractivity contribution in [1.82, 2.24) is 4.98 Å². The van der Waals surface area contributed by atoms with Gasteiger partial charge in [-0.15, -0.1) is 11.6 Å². The van der Waals surface area contributed by atoms with Crippen LogP contribution in [0.15, 0.2) is 18.3 Å². The van der Waals surface area contributed by atoms with Gasteiger partial charge in [0.1, 0.15) is 5.82 Å². The van der Waals surface area contributed by atoms with Gasteiger partial charge in [-0.05, 0) is 32.9 Å². The lowest BCUT2D eigenvalue weighted by Crippen LogP contribution is -2.39. The molecule has 0 saturated heterocycles. The first-order valence-corrected chi connectivity index (χ1v) is 5.52. The van der Waals surface area contributed by atoms with Crippen LogP contribution in [0.4, 0.5) is 19.0 Å². The van der Waals surface area contributed by atoms with E-state index in [0.29, 0.717) is 5.82 Å². The van der Waals surface area contributed by atoms with Gasteiger partial charge >= 0.3 is 6.18 Å². The van der Waals surface area contributed by atoms with Gasteiger partial charge in [-0.3, -0.25) is 0 Å².